The Hall–Kier alpha value is -2.45. The Morgan fingerprint density at radius 2 is 1.37 bits per heavy atom. The minimum absolute atomic E-state index is 0.270. The summed E-state index contributed by atoms with van der Waals surface area (Å²) in [6.45, 7) is 11.3. The largest absolute Gasteiger partial charge is 0.481 e. The fraction of sp³-hybridized carbons (Fsp3) is 0.722. The van der Waals surface area contributed by atoms with Gasteiger partial charge in [0, 0.05) is 19.8 Å². The van der Waals surface area contributed by atoms with Gasteiger partial charge in [-0.2, -0.15) is 0 Å². The van der Waals surface area contributed by atoms with Crippen LogP contribution in [0.2, 0.25) is 0 Å². The van der Waals surface area contributed by atoms with E-state index in [9.17, 15) is 24.0 Å². The van der Waals surface area contributed by atoms with Crippen molar-refractivity contribution in [2.24, 2.45) is 11.8 Å². The molecule has 0 spiro atoms. The quantitative estimate of drug-likeness (QED) is 0.516. The average molecular weight is 390 g/mol. The monoisotopic (exact) mass is 390 g/mol. The molecule has 1 aliphatic heterocycles. The van der Waals surface area contributed by atoms with Crippen LogP contribution in [0.5, 0.6) is 0 Å². The number of carboxylic acid groups (broad SMARTS) is 2. The first-order valence-electron chi connectivity index (χ1n) is 8.53. The van der Waals surface area contributed by atoms with Crippen LogP contribution >= 0.6 is 0 Å². The second-order valence-electron chi connectivity index (χ2n) is 7.12. The fourth-order valence-electron chi connectivity index (χ4n) is 2.22. The number of hydrogen-bond acceptors (Lipinski definition) is 7. The first kappa shape index (κ1) is 26.8. The molecule has 0 bridgehead atoms. The molecule has 0 aromatic rings. The summed E-state index contributed by atoms with van der Waals surface area (Å²) < 4.78 is 9.95. The van der Waals surface area contributed by atoms with Crippen molar-refractivity contribution >= 4 is 29.7 Å². The van der Waals surface area contributed by atoms with Crippen LogP contribution in [0.15, 0.2) is 0 Å². The van der Waals surface area contributed by atoms with Crippen molar-refractivity contribution in [1.29, 1.82) is 0 Å². The predicted octanol–water partition coefficient (Wildman–Crippen LogP) is 2.41. The summed E-state index contributed by atoms with van der Waals surface area (Å²) in [6.07, 6.45) is 0.179. The van der Waals surface area contributed by atoms with E-state index in [0.717, 1.165) is 6.42 Å². The standard InChI is InChI=1S/C9H14O4.C6H12O.C3H4O4/c1-6(2)5-9(3)12-7(10)4-8(11)13-9;1-5(2)4-6(3)7;4-2(5)1-3(6)7/h6H,4-5H2,1-3H3;5H,4H2,1-3H3;1H2,(H,4,5)(H,6,7). The number of hydrogen-bond donors (Lipinski definition) is 2. The molecule has 1 saturated heterocycles. The topological polar surface area (TPSA) is 144 Å². The van der Waals surface area contributed by atoms with Crippen molar-refractivity contribution in [3.8, 4) is 0 Å². The molecule has 0 aliphatic carbocycles. The number of esters is 2. The first-order chi connectivity index (χ1) is 12.2. The number of Topliss-reactive ketones (excluding diaryl/α,β-unsaturated/α-hetero) is 1. The Morgan fingerprint density at radius 1 is 0.963 bits per heavy atom. The van der Waals surface area contributed by atoms with Crippen molar-refractivity contribution in [3.63, 3.8) is 0 Å². The van der Waals surface area contributed by atoms with E-state index in [2.05, 4.69) is 0 Å². The summed E-state index contributed by atoms with van der Waals surface area (Å²) in [6, 6.07) is 0. The maximum Gasteiger partial charge on any atom is 0.320 e. The van der Waals surface area contributed by atoms with Gasteiger partial charge in [0.15, 0.2) is 0 Å². The maximum absolute atomic E-state index is 10.9. The van der Waals surface area contributed by atoms with Gasteiger partial charge in [-0.15, -0.1) is 0 Å². The van der Waals surface area contributed by atoms with Crippen LogP contribution in [0.1, 0.15) is 67.2 Å². The van der Waals surface area contributed by atoms with E-state index in [1.165, 1.54) is 0 Å². The number of carbonyl (C=O) groups is 5. The van der Waals surface area contributed by atoms with Gasteiger partial charge in [0.05, 0.1) is 0 Å². The molecular weight excluding hydrogens is 360 g/mol. The number of ketones is 1. The molecule has 27 heavy (non-hydrogen) atoms. The average Bonchev–Trinajstić information content (AvgIpc) is 2.32. The van der Waals surface area contributed by atoms with E-state index in [1.807, 2.05) is 27.7 Å². The SMILES string of the molecule is CC(=O)CC(C)C.CC(C)CC1(C)OC(=O)CC(=O)O1.O=C(O)CC(=O)O. The lowest BCUT2D eigenvalue weighted by Gasteiger charge is -2.33. The van der Waals surface area contributed by atoms with E-state index in [4.69, 9.17) is 19.7 Å². The highest BCUT2D eigenvalue weighted by atomic mass is 16.7. The number of rotatable bonds is 6. The molecule has 9 nitrogen and oxygen atoms in total. The Morgan fingerprint density at radius 3 is 1.56 bits per heavy atom. The summed E-state index contributed by atoms with van der Waals surface area (Å²) >= 11 is 0. The lowest BCUT2D eigenvalue weighted by Crippen LogP contribution is -2.43. The highest BCUT2D eigenvalue weighted by molar-refractivity contribution is 5.93. The number of carbonyl (C=O) groups excluding carboxylic acids is 3. The molecule has 9 heteroatoms. The van der Waals surface area contributed by atoms with Gasteiger partial charge in [0.25, 0.3) is 5.79 Å². The van der Waals surface area contributed by atoms with E-state index in [1.54, 1.807) is 13.8 Å². The Labute approximate surface area is 159 Å². The van der Waals surface area contributed by atoms with Gasteiger partial charge in [-0.3, -0.25) is 19.2 Å². The smallest absolute Gasteiger partial charge is 0.320 e. The molecule has 1 fully saturated rings. The van der Waals surface area contributed by atoms with E-state index >= 15 is 0 Å². The lowest BCUT2D eigenvalue weighted by molar-refractivity contribution is -0.241. The van der Waals surface area contributed by atoms with Crippen LogP contribution in [0, 0.1) is 11.8 Å². The minimum Gasteiger partial charge on any atom is -0.481 e. The van der Waals surface area contributed by atoms with Gasteiger partial charge >= 0.3 is 23.9 Å². The van der Waals surface area contributed by atoms with Gasteiger partial charge in [-0.05, 0) is 18.8 Å². The third-order valence-electron chi connectivity index (χ3n) is 2.73. The van der Waals surface area contributed by atoms with Gasteiger partial charge in [0.2, 0.25) is 0 Å². The van der Waals surface area contributed by atoms with Gasteiger partial charge in [-0.25, -0.2) is 0 Å². The second-order valence-corrected chi connectivity index (χ2v) is 7.12. The fourth-order valence-corrected chi connectivity index (χ4v) is 2.22. The van der Waals surface area contributed by atoms with Crippen molar-refractivity contribution in [2.75, 3.05) is 0 Å². The summed E-state index contributed by atoms with van der Waals surface area (Å²) in [5.41, 5.74) is 0. The molecule has 156 valence electrons. The summed E-state index contributed by atoms with van der Waals surface area (Å²) in [4.78, 5) is 51.0. The molecule has 0 saturated carbocycles. The number of aliphatic carboxylic acids is 2. The molecule has 0 aromatic heterocycles. The maximum atomic E-state index is 10.9. The number of ether oxygens (including phenoxy) is 2. The van der Waals surface area contributed by atoms with E-state index in [-0.39, 0.29) is 12.2 Å². The molecule has 0 amide bonds. The van der Waals surface area contributed by atoms with E-state index < -0.39 is 36.1 Å². The number of cyclic esters (lactones) is 2. The van der Waals surface area contributed by atoms with Gasteiger partial charge in [0.1, 0.15) is 18.6 Å². The molecule has 1 aliphatic rings. The van der Waals surface area contributed by atoms with Gasteiger partial charge in [-0.1, -0.05) is 27.7 Å². The Balaban J connectivity index is 0. The van der Waals surface area contributed by atoms with Gasteiger partial charge < -0.3 is 24.5 Å². The molecule has 0 unspecified atom stereocenters. The molecule has 2 N–H and O–H groups in total. The zero-order valence-electron chi connectivity index (χ0n) is 16.7. The molecule has 1 heterocycles. The Bertz CT molecular complexity index is 507. The summed E-state index contributed by atoms with van der Waals surface area (Å²) in [7, 11) is 0. The van der Waals surface area contributed by atoms with Crippen molar-refractivity contribution in [2.45, 2.75) is 73.0 Å². The normalized spacial score (nSPS) is 14.8. The molecule has 0 aromatic carbocycles. The minimum atomic E-state index is -1.31. The lowest BCUT2D eigenvalue weighted by atomic mass is 10.0. The highest BCUT2D eigenvalue weighted by Gasteiger charge is 2.39. The third-order valence-corrected chi connectivity index (χ3v) is 2.73. The zero-order chi connectivity index (χ0) is 21.8. The number of carboxylic acids is 2. The summed E-state index contributed by atoms with van der Waals surface area (Å²) in [5.74, 6) is -3.56. The molecule has 1 rings (SSSR count). The second kappa shape index (κ2) is 12.8. The highest BCUT2D eigenvalue weighted by Crippen LogP contribution is 2.26. The first-order valence-corrected chi connectivity index (χ1v) is 8.53. The van der Waals surface area contributed by atoms with Crippen LogP contribution in [0.4, 0.5) is 0 Å². The molecule has 0 atom stereocenters. The van der Waals surface area contributed by atoms with Crippen LogP contribution in [-0.2, 0) is 33.4 Å². The van der Waals surface area contributed by atoms with Crippen LogP contribution in [-0.4, -0.2) is 45.7 Å². The van der Waals surface area contributed by atoms with Crippen molar-refractivity contribution in [1.82, 2.24) is 0 Å². The zero-order valence-corrected chi connectivity index (χ0v) is 16.7. The van der Waals surface area contributed by atoms with Crippen molar-refractivity contribution < 1.29 is 43.7 Å². The summed E-state index contributed by atoms with van der Waals surface area (Å²) in [5, 5.41) is 15.4. The Kier molecular flexibility index (Phi) is 12.7. The molecule has 0 radical (unpaired) electrons. The molecular formula is C18H30O9. The third kappa shape index (κ3) is 18.1. The van der Waals surface area contributed by atoms with Crippen molar-refractivity contribution in [3.05, 3.63) is 0 Å². The predicted molar refractivity (Wildman–Crippen MR) is 94.7 cm³/mol. The van der Waals surface area contributed by atoms with Crippen LogP contribution in [0.3, 0.4) is 0 Å². The van der Waals surface area contributed by atoms with Crippen LogP contribution in [0.25, 0.3) is 0 Å². The van der Waals surface area contributed by atoms with E-state index in [0.29, 0.717) is 18.3 Å². The van der Waals surface area contributed by atoms with Crippen LogP contribution < -0.4 is 0 Å².